The van der Waals surface area contributed by atoms with E-state index in [-0.39, 0.29) is 11.1 Å². The van der Waals surface area contributed by atoms with Gasteiger partial charge in [0.15, 0.2) is 10.7 Å². The van der Waals surface area contributed by atoms with Crippen LogP contribution in [-0.4, -0.2) is 31.2 Å². The van der Waals surface area contributed by atoms with E-state index in [0.717, 1.165) is 0 Å². The van der Waals surface area contributed by atoms with E-state index in [4.69, 9.17) is 0 Å². The fourth-order valence-corrected chi connectivity index (χ4v) is 1.58. The molecule has 2 rings (SSSR count). The molecule has 0 atom stereocenters. The fraction of sp³-hybridized carbons (Fsp3) is 0.333. The summed E-state index contributed by atoms with van der Waals surface area (Å²) in [5, 5.41) is 10.5. The Morgan fingerprint density at radius 1 is 1.46 bits per heavy atom. The number of aromatic nitrogens is 5. The molecule has 0 aliphatic rings. The molecule has 2 heterocycles. The topological polar surface area (TPSA) is 76.5 Å². The van der Waals surface area contributed by atoms with Gasteiger partial charge in [-0.25, -0.2) is 4.98 Å². The highest BCUT2D eigenvalue weighted by atomic mass is 32.2. The second-order valence-corrected chi connectivity index (χ2v) is 3.23. The van der Waals surface area contributed by atoms with Crippen LogP contribution in [0.25, 0.3) is 11.2 Å². The van der Waals surface area contributed by atoms with Gasteiger partial charge >= 0.3 is 0 Å². The minimum atomic E-state index is -0.178. The first-order chi connectivity index (χ1) is 6.24. The van der Waals surface area contributed by atoms with E-state index in [9.17, 15) is 4.79 Å². The standard InChI is InChI=1S/C6H7N5OS/c1-11-5(12)3-4(9-10-8-3)7-6(11)13-2/h1-2H3,(H,8,9,10). The molecule has 0 fully saturated rings. The van der Waals surface area contributed by atoms with Crippen molar-refractivity contribution in [3.8, 4) is 0 Å². The zero-order valence-electron chi connectivity index (χ0n) is 7.11. The van der Waals surface area contributed by atoms with E-state index in [2.05, 4.69) is 20.4 Å². The lowest BCUT2D eigenvalue weighted by atomic mass is 10.5. The molecule has 0 bridgehead atoms. The van der Waals surface area contributed by atoms with Gasteiger partial charge in [0.2, 0.25) is 5.65 Å². The van der Waals surface area contributed by atoms with Crippen LogP contribution in [0.2, 0.25) is 0 Å². The fourth-order valence-electron chi connectivity index (χ4n) is 1.04. The van der Waals surface area contributed by atoms with Crippen LogP contribution in [0.4, 0.5) is 0 Å². The van der Waals surface area contributed by atoms with Crippen LogP contribution in [0, 0.1) is 0 Å². The summed E-state index contributed by atoms with van der Waals surface area (Å²) >= 11 is 1.40. The minimum Gasteiger partial charge on any atom is -0.289 e. The van der Waals surface area contributed by atoms with Crippen molar-refractivity contribution in [2.45, 2.75) is 5.16 Å². The SMILES string of the molecule is CSc1nc2n[nH]nc2c(=O)n1C. The van der Waals surface area contributed by atoms with Crippen LogP contribution in [0.1, 0.15) is 0 Å². The molecule has 0 aliphatic carbocycles. The molecule has 7 heteroatoms. The number of H-pyrrole nitrogens is 1. The molecule has 2 aromatic rings. The van der Waals surface area contributed by atoms with Crippen molar-refractivity contribution >= 4 is 22.9 Å². The first kappa shape index (κ1) is 8.24. The first-order valence-corrected chi connectivity index (χ1v) is 4.78. The Hall–Kier alpha value is -1.37. The number of rotatable bonds is 1. The maximum Gasteiger partial charge on any atom is 0.284 e. The Kier molecular flexibility index (Phi) is 1.80. The molecule has 0 radical (unpaired) electrons. The van der Waals surface area contributed by atoms with Crippen LogP contribution >= 0.6 is 11.8 Å². The average Bonchev–Trinajstić information content (AvgIpc) is 2.59. The highest BCUT2D eigenvalue weighted by Crippen LogP contribution is 2.10. The van der Waals surface area contributed by atoms with Crippen molar-refractivity contribution in [1.29, 1.82) is 0 Å². The summed E-state index contributed by atoms with van der Waals surface area (Å²) in [6, 6.07) is 0. The van der Waals surface area contributed by atoms with Gasteiger partial charge in [-0.3, -0.25) is 9.36 Å². The van der Waals surface area contributed by atoms with E-state index < -0.39 is 0 Å². The van der Waals surface area contributed by atoms with E-state index in [0.29, 0.717) is 10.8 Å². The van der Waals surface area contributed by atoms with Gasteiger partial charge in [-0.2, -0.15) is 5.21 Å². The third kappa shape index (κ3) is 1.12. The van der Waals surface area contributed by atoms with E-state index in [1.807, 2.05) is 6.26 Å². The second kappa shape index (κ2) is 2.84. The molecular formula is C6H7N5OS. The van der Waals surface area contributed by atoms with E-state index >= 15 is 0 Å². The Bertz CT molecular complexity index is 501. The molecule has 13 heavy (non-hydrogen) atoms. The van der Waals surface area contributed by atoms with Crippen LogP contribution < -0.4 is 5.56 Å². The van der Waals surface area contributed by atoms with Crippen LogP contribution in [0.5, 0.6) is 0 Å². The van der Waals surface area contributed by atoms with Crippen molar-refractivity contribution < 1.29 is 0 Å². The summed E-state index contributed by atoms with van der Waals surface area (Å²) in [6.07, 6.45) is 1.85. The molecule has 0 unspecified atom stereocenters. The largest absolute Gasteiger partial charge is 0.289 e. The van der Waals surface area contributed by atoms with Gasteiger partial charge in [-0.1, -0.05) is 11.8 Å². The molecular weight excluding hydrogens is 190 g/mol. The molecule has 68 valence electrons. The summed E-state index contributed by atoms with van der Waals surface area (Å²) in [7, 11) is 1.66. The number of nitrogens with one attached hydrogen (secondary N) is 1. The molecule has 1 N–H and O–H groups in total. The number of hydrogen-bond donors (Lipinski definition) is 1. The molecule has 0 aliphatic heterocycles. The van der Waals surface area contributed by atoms with Crippen molar-refractivity contribution in [3.05, 3.63) is 10.4 Å². The molecule has 2 aromatic heterocycles. The lowest BCUT2D eigenvalue weighted by Crippen LogP contribution is -2.19. The Balaban J connectivity index is 2.92. The number of nitrogens with zero attached hydrogens (tertiary/aromatic N) is 4. The number of hydrogen-bond acceptors (Lipinski definition) is 5. The maximum absolute atomic E-state index is 11.6. The monoisotopic (exact) mass is 197 g/mol. The number of thioether (sulfide) groups is 1. The third-order valence-electron chi connectivity index (χ3n) is 1.71. The average molecular weight is 197 g/mol. The second-order valence-electron chi connectivity index (χ2n) is 2.46. The van der Waals surface area contributed by atoms with Crippen LogP contribution in [0.3, 0.4) is 0 Å². The van der Waals surface area contributed by atoms with Gasteiger partial charge in [-0.05, 0) is 6.26 Å². The Morgan fingerprint density at radius 2 is 2.23 bits per heavy atom. The van der Waals surface area contributed by atoms with E-state index in [1.54, 1.807) is 7.05 Å². The van der Waals surface area contributed by atoms with Gasteiger partial charge in [0.25, 0.3) is 5.56 Å². The van der Waals surface area contributed by atoms with Gasteiger partial charge in [0, 0.05) is 7.05 Å². The summed E-state index contributed by atoms with van der Waals surface area (Å²) in [6.45, 7) is 0. The van der Waals surface area contributed by atoms with Crippen molar-refractivity contribution in [2.75, 3.05) is 6.26 Å². The zero-order valence-corrected chi connectivity index (χ0v) is 7.92. The quantitative estimate of drug-likeness (QED) is 0.505. The minimum absolute atomic E-state index is 0.178. The first-order valence-electron chi connectivity index (χ1n) is 3.55. The summed E-state index contributed by atoms with van der Waals surface area (Å²) in [5.41, 5.74) is 0.468. The molecule has 0 spiro atoms. The number of aromatic amines is 1. The van der Waals surface area contributed by atoms with Crippen molar-refractivity contribution in [1.82, 2.24) is 25.0 Å². The maximum atomic E-state index is 11.6. The van der Waals surface area contributed by atoms with Crippen molar-refractivity contribution in [2.24, 2.45) is 7.05 Å². The van der Waals surface area contributed by atoms with Crippen molar-refractivity contribution in [3.63, 3.8) is 0 Å². The highest BCUT2D eigenvalue weighted by molar-refractivity contribution is 7.98. The summed E-state index contributed by atoms with van der Waals surface area (Å²) in [5.74, 6) is 0. The molecule has 0 amide bonds. The smallest absolute Gasteiger partial charge is 0.284 e. The van der Waals surface area contributed by atoms with Crippen LogP contribution in [0.15, 0.2) is 9.95 Å². The Labute approximate surface area is 77.4 Å². The number of fused-ring (bicyclic) bond motifs is 1. The molecule has 0 saturated heterocycles. The predicted octanol–water partition coefficient (Wildman–Crippen LogP) is -0.227. The molecule has 0 aromatic carbocycles. The van der Waals surface area contributed by atoms with Gasteiger partial charge < -0.3 is 0 Å². The van der Waals surface area contributed by atoms with Gasteiger partial charge in [-0.15, -0.1) is 10.2 Å². The van der Waals surface area contributed by atoms with Gasteiger partial charge in [0.05, 0.1) is 0 Å². The highest BCUT2D eigenvalue weighted by Gasteiger charge is 2.09. The predicted molar refractivity (Wildman–Crippen MR) is 48.7 cm³/mol. The van der Waals surface area contributed by atoms with E-state index in [1.165, 1.54) is 16.3 Å². The normalized spacial score (nSPS) is 10.9. The Morgan fingerprint density at radius 3 is 2.92 bits per heavy atom. The van der Waals surface area contributed by atoms with Crippen LogP contribution in [-0.2, 0) is 7.05 Å². The molecule has 0 saturated carbocycles. The third-order valence-corrected chi connectivity index (χ3v) is 2.44. The molecule has 6 nitrogen and oxygen atoms in total. The van der Waals surface area contributed by atoms with Gasteiger partial charge in [0.1, 0.15) is 0 Å². The summed E-state index contributed by atoms with van der Waals surface area (Å²) in [4.78, 5) is 15.7. The lowest BCUT2D eigenvalue weighted by molar-refractivity contribution is 0.724. The summed E-state index contributed by atoms with van der Waals surface area (Å²) < 4.78 is 1.45. The lowest BCUT2D eigenvalue weighted by Gasteiger charge is -2.01. The zero-order chi connectivity index (χ0) is 9.42.